The molecule has 362 valence electrons. The lowest BCUT2D eigenvalue weighted by molar-refractivity contribution is -0.345. The number of carbonyl (C=O) groups is 2. The number of ketones is 1. The number of nitrogens with one attached hydrogen (secondary N) is 1. The van der Waals surface area contributed by atoms with E-state index in [4.69, 9.17) is 25.7 Å². The second kappa shape index (κ2) is 16.1. The number of aliphatic hydroxyl groups is 6. The van der Waals surface area contributed by atoms with Gasteiger partial charge in [0.1, 0.15) is 24.0 Å². The monoisotopic (exact) mass is 917 g/mol. The van der Waals surface area contributed by atoms with Crippen molar-refractivity contribution < 1.29 is 54.4 Å². The SMILES string of the molecule is COCCCOC1CCC2(C)C(C1)C(=O)C=C1C3(O)CCC4C(C)(O)C(O)(O)C5OC6C(O)NC(C(=O)N7CC7CC#CC12CCC43C)C1(CCC(c2cccc(C(N)N)c2)C1)C6C5CO. The fraction of sp³-hybridized carbons (Fsp3) is 0.765. The van der Waals surface area contributed by atoms with Crippen molar-refractivity contribution in [2.75, 3.05) is 33.5 Å². The van der Waals surface area contributed by atoms with Crippen molar-refractivity contribution in [2.24, 2.45) is 56.8 Å². The summed E-state index contributed by atoms with van der Waals surface area (Å²) in [6.07, 6.45) is 2.50. The van der Waals surface area contributed by atoms with E-state index >= 15 is 4.79 Å². The number of hydrogen-bond donors (Lipinski definition) is 9. The zero-order valence-corrected chi connectivity index (χ0v) is 39.0. The van der Waals surface area contributed by atoms with E-state index in [0.29, 0.717) is 83.1 Å². The second-order valence-corrected chi connectivity index (χ2v) is 22.6. The molecule has 4 saturated carbocycles. The maximum absolute atomic E-state index is 15.1. The minimum absolute atomic E-state index is 0.0575. The summed E-state index contributed by atoms with van der Waals surface area (Å²) in [6, 6.07) is 6.68. The highest BCUT2D eigenvalue weighted by Gasteiger charge is 2.77. The van der Waals surface area contributed by atoms with E-state index < -0.39 is 99.6 Å². The molecule has 0 aromatic heterocycles. The highest BCUT2D eigenvalue weighted by molar-refractivity contribution is 5.96. The lowest BCUT2D eigenvalue weighted by atomic mass is 9.39. The first kappa shape index (κ1) is 46.9. The number of nitrogens with zero attached hydrogens (tertiary/aromatic N) is 1. The standard InChI is InChI=1S/C51H72N4O11/c1-45-15-12-32(65-21-7-20-64-4)23-34(45)35(57)24-37-49(45)14-6-10-31-26-55(31)44(59)40-48(16-11-30(25-48)28-8-5-9-29(22-28)42(52)53)38-33(27-56)41(66-39(38)43(58)54-40)51(62,63)47(3,60)36-13-17-50(37,61)46(36,2)18-19-49/h5,8-9,22,24,30-34,36,38-43,54,56,58,60-63H,7,10-13,15-21,23,25-27,52-53H2,1-4H3. The van der Waals surface area contributed by atoms with Gasteiger partial charge in [-0.15, -0.1) is 5.92 Å². The number of hydrogen-bond acceptors (Lipinski definition) is 14. The van der Waals surface area contributed by atoms with Crippen molar-refractivity contribution in [1.29, 1.82) is 0 Å². The number of nitrogens with two attached hydrogens (primary N) is 2. The zero-order valence-electron chi connectivity index (χ0n) is 39.0. The third kappa shape index (κ3) is 6.46. The van der Waals surface area contributed by atoms with Gasteiger partial charge >= 0.3 is 0 Å². The molecule has 3 saturated heterocycles. The number of fused-ring (bicyclic) bond motifs is 4. The summed E-state index contributed by atoms with van der Waals surface area (Å²) in [4.78, 5) is 31.5. The van der Waals surface area contributed by atoms with Crippen LogP contribution < -0.4 is 16.8 Å². The van der Waals surface area contributed by atoms with Gasteiger partial charge in [0.15, 0.2) is 5.78 Å². The molecule has 5 heterocycles. The van der Waals surface area contributed by atoms with E-state index in [9.17, 15) is 35.4 Å². The van der Waals surface area contributed by atoms with Crippen LogP contribution in [-0.2, 0) is 23.8 Å². The Morgan fingerprint density at radius 1 is 1.00 bits per heavy atom. The molecule has 15 heteroatoms. The van der Waals surface area contributed by atoms with Crippen LogP contribution in [0.2, 0.25) is 0 Å². The maximum Gasteiger partial charge on any atom is 0.240 e. The van der Waals surface area contributed by atoms with Crippen molar-refractivity contribution in [3.63, 3.8) is 0 Å². The van der Waals surface area contributed by atoms with Crippen molar-refractivity contribution in [3.8, 4) is 11.8 Å². The van der Waals surface area contributed by atoms with Gasteiger partial charge in [0, 0.05) is 74.4 Å². The molecule has 7 fully saturated rings. The van der Waals surface area contributed by atoms with Gasteiger partial charge in [-0.25, -0.2) is 0 Å². The van der Waals surface area contributed by atoms with E-state index in [-0.39, 0.29) is 42.6 Å². The third-order valence-corrected chi connectivity index (χ3v) is 19.8. The predicted octanol–water partition coefficient (Wildman–Crippen LogP) is 1.85. The molecule has 17 atom stereocenters. The van der Waals surface area contributed by atoms with Gasteiger partial charge in [0.25, 0.3) is 0 Å². The lowest BCUT2D eigenvalue weighted by Crippen LogP contribution is -2.70. The molecule has 7 bridgehead atoms. The van der Waals surface area contributed by atoms with E-state index in [1.807, 2.05) is 31.2 Å². The Morgan fingerprint density at radius 3 is 2.53 bits per heavy atom. The molecule has 17 unspecified atom stereocenters. The number of benzene rings is 1. The zero-order chi connectivity index (χ0) is 47.0. The molecule has 1 aromatic rings. The highest BCUT2D eigenvalue weighted by Crippen LogP contribution is 2.74. The number of rotatable bonds is 8. The van der Waals surface area contributed by atoms with E-state index in [1.54, 1.807) is 18.1 Å². The molecule has 5 aliphatic heterocycles. The number of methoxy groups -OCH3 is 1. The Kier molecular flexibility index (Phi) is 11.4. The van der Waals surface area contributed by atoms with Crippen molar-refractivity contribution in [2.45, 2.75) is 164 Å². The molecule has 1 amide bonds. The summed E-state index contributed by atoms with van der Waals surface area (Å²) in [5.74, 6) is 0.810. The third-order valence-electron chi connectivity index (χ3n) is 19.8. The van der Waals surface area contributed by atoms with Gasteiger partial charge in [-0.05, 0) is 112 Å². The van der Waals surface area contributed by atoms with Crippen molar-refractivity contribution in [3.05, 3.63) is 47.0 Å². The fourth-order valence-corrected chi connectivity index (χ4v) is 16.1. The molecule has 66 heavy (non-hydrogen) atoms. The van der Waals surface area contributed by atoms with Crippen molar-refractivity contribution in [1.82, 2.24) is 10.2 Å². The molecular weight excluding hydrogens is 845 g/mol. The van der Waals surface area contributed by atoms with Gasteiger partial charge in [-0.3, -0.25) is 14.9 Å². The lowest BCUT2D eigenvalue weighted by Gasteiger charge is -2.64. The summed E-state index contributed by atoms with van der Waals surface area (Å²) in [7, 11) is 1.66. The Hall–Kier alpha value is -2.82. The Balaban J connectivity index is 1.08. The minimum Gasteiger partial charge on any atom is -0.396 e. The molecule has 11 rings (SSSR count). The van der Waals surface area contributed by atoms with E-state index in [0.717, 1.165) is 17.5 Å². The van der Waals surface area contributed by atoms with E-state index in [2.05, 4.69) is 24.1 Å². The summed E-state index contributed by atoms with van der Waals surface area (Å²) >= 11 is 0. The van der Waals surface area contributed by atoms with Crippen LogP contribution in [0, 0.1) is 57.2 Å². The van der Waals surface area contributed by atoms with Crippen LogP contribution >= 0.6 is 0 Å². The average Bonchev–Trinajstić information content (AvgIpc) is 3.57. The quantitative estimate of drug-likeness (QED) is 0.0782. The fourth-order valence-electron chi connectivity index (χ4n) is 16.1. The smallest absolute Gasteiger partial charge is 0.240 e. The predicted molar refractivity (Wildman–Crippen MR) is 240 cm³/mol. The summed E-state index contributed by atoms with van der Waals surface area (Å²) < 4.78 is 18.1. The first-order valence-electron chi connectivity index (χ1n) is 24.6. The molecular formula is C51H72N4O11. The van der Waals surface area contributed by atoms with E-state index in [1.165, 1.54) is 6.92 Å². The first-order valence-corrected chi connectivity index (χ1v) is 24.6. The Morgan fingerprint density at radius 2 is 1.79 bits per heavy atom. The van der Waals surface area contributed by atoms with Crippen LogP contribution in [0.25, 0.3) is 0 Å². The number of piperidine rings is 1. The first-order chi connectivity index (χ1) is 31.2. The largest absolute Gasteiger partial charge is 0.396 e. The Bertz CT molecular complexity index is 2210. The number of aliphatic hydroxyl groups excluding tert-OH is 2. The summed E-state index contributed by atoms with van der Waals surface area (Å²) in [5.41, 5.74) is 6.80. The summed E-state index contributed by atoms with van der Waals surface area (Å²) in [6.45, 7) is 6.39. The molecule has 11 N–H and O–H groups in total. The van der Waals surface area contributed by atoms with Gasteiger partial charge < -0.3 is 61.2 Å². The van der Waals surface area contributed by atoms with Gasteiger partial charge in [-0.2, -0.15) is 0 Å². The molecule has 2 spiro atoms. The van der Waals surface area contributed by atoms with Gasteiger partial charge in [-0.1, -0.05) is 44.0 Å². The molecule has 15 nitrogen and oxygen atoms in total. The highest BCUT2D eigenvalue weighted by atomic mass is 16.6. The molecule has 1 aromatic carbocycles. The maximum atomic E-state index is 15.1. The molecule has 5 aliphatic carbocycles. The summed E-state index contributed by atoms with van der Waals surface area (Å²) in [5, 5.41) is 78.6. The topological polar surface area (TPSA) is 250 Å². The van der Waals surface area contributed by atoms with Crippen LogP contribution in [0.15, 0.2) is 35.9 Å². The van der Waals surface area contributed by atoms with Crippen LogP contribution in [-0.4, -0.2) is 134 Å². The van der Waals surface area contributed by atoms with Crippen LogP contribution in [0.5, 0.6) is 0 Å². The Labute approximate surface area is 388 Å². The molecule has 10 aliphatic rings. The minimum atomic E-state index is -3.03. The number of allylic oxidation sites excluding steroid dienone is 1. The van der Waals surface area contributed by atoms with Crippen LogP contribution in [0.4, 0.5) is 0 Å². The number of carbonyl (C=O) groups excluding carboxylic acids is 2. The average molecular weight is 917 g/mol. The van der Waals surface area contributed by atoms with Crippen molar-refractivity contribution >= 4 is 11.7 Å². The number of amides is 1. The van der Waals surface area contributed by atoms with Crippen LogP contribution in [0.3, 0.4) is 0 Å². The molecule has 0 radical (unpaired) electrons. The normalized spacial score (nSPS) is 47.8. The number of ether oxygens (including phenoxy) is 3. The van der Waals surface area contributed by atoms with Gasteiger partial charge in [0.2, 0.25) is 11.7 Å². The second-order valence-electron chi connectivity index (χ2n) is 22.6. The van der Waals surface area contributed by atoms with Crippen LogP contribution in [0.1, 0.15) is 121 Å². The van der Waals surface area contributed by atoms with Gasteiger partial charge in [0.05, 0.1) is 35.4 Å².